The Balaban J connectivity index is 1.83. The Labute approximate surface area is 149 Å². The zero-order valence-electron chi connectivity index (χ0n) is 13.8. The predicted octanol–water partition coefficient (Wildman–Crippen LogP) is 0.596. The quantitative estimate of drug-likeness (QED) is 0.539. The fourth-order valence-corrected chi connectivity index (χ4v) is 2.59. The number of nitrogens with two attached hydrogens (primary N) is 1. The smallest absolute Gasteiger partial charge is 0.287 e. The molecule has 2 heterocycles. The van der Waals surface area contributed by atoms with E-state index in [-0.39, 0.29) is 12.1 Å². The number of amides is 2. The van der Waals surface area contributed by atoms with Crippen molar-refractivity contribution in [3.63, 3.8) is 0 Å². The van der Waals surface area contributed by atoms with E-state index in [1.54, 1.807) is 30.6 Å². The average Bonchev–Trinajstić information content (AvgIpc) is 3.32. The zero-order valence-corrected chi connectivity index (χ0v) is 13.8. The molecule has 0 aliphatic heterocycles. The van der Waals surface area contributed by atoms with E-state index < -0.39 is 23.6 Å². The number of hydrogen-bond donors (Lipinski definition) is 3. The number of hydrogen-bond acceptors (Lipinski definition) is 4. The zero-order chi connectivity index (χ0) is 18.5. The SMILES string of the molecule is NC(=O)C(=O)C(Cc1ccccc1)NC(=O)c1ccnn1-c1cc[nH]c1. The van der Waals surface area contributed by atoms with Crippen LogP contribution >= 0.6 is 0 Å². The molecular weight excluding hydrogens is 334 g/mol. The Morgan fingerprint density at radius 3 is 2.58 bits per heavy atom. The van der Waals surface area contributed by atoms with Gasteiger partial charge in [-0.1, -0.05) is 30.3 Å². The third kappa shape index (κ3) is 3.69. The van der Waals surface area contributed by atoms with Crippen LogP contribution in [0.5, 0.6) is 0 Å². The number of aromatic amines is 1. The van der Waals surface area contributed by atoms with Gasteiger partial charge in [-0.05, 0) is 17.7 Å². The summed E-state index contributed by atoms with van der Waals surface area (Å²) >= 11 is 0. The number of nitrogens with one attached hydrogen (secondary N) is 2. The van der Waals surface area contributed by atoms with Gasteiger partial charge in [0.1, 0.15) is 11.7 Å². The highest BCUT2D eigenvalue weighted by Gasteiger charge is 2.27. The number of carbonyl (C=O) groups is 3. The van der Waals surface area contributed by atoms with Gasteiger partial charge in [0.05, 0.1) is 11.9 Å². The lowest BCUT2D eigenvalue weighted by atomic mass is 10.0. The van der Waals surface area contributed by atoms with Crippen molar-refractivity contribution >= 4 is 17.6 Å². The van der Waals surface area contributed by atoms with Gasteiger partial charge >= 0.3 is 0 Å². The molecule has 1 unspecified atom stereocenters. The van der Waals surface area contributed by atoms with Crippen molar-refractivity contribution in [2.45, 2.75) is 12.5 Å². The van der Waals surface area contributed by atoms with Gasteiger partial charge in [0.15, 0.2) is 0 Å². The second-order valence-electron chi connectivity index (χ2n) is 5.64. The van der Waals surface area contributed by atoms with Gasteiger partial charge in [0.25, 0.3) is 11.8 Å². The molecule has 4 N–H and O–H groups in total. The maximum Gasteiger partial charge on any atom is 0.287 e. The van der Waals surface area contributed by atoms with Crippen molar-refractivity contribution in [2.24, 2.45) is 5.73 Å². The van der Waals surface area contributed by atoms with E-state index >= 15 is 0 Å². The summed E-state index contributed by atoms with van der Waals surface area (Å²) in [4.78, 5) is 39.0. The van der Waals surface area contributed by atoms with Crippen molar-refractivity contribution in [1.29, 1.82) is 0 Å². The largest absolute Gasteiger partial charge is 0.366 e. The number of benzene rings is 1. The normalized spacial score (nSPS) is 11.7. The van der Waals surface area contributed by atoms with Crippen LogP contribution in [-0.2, 0) is 16.0 Å². The third-order valence-electron chi connectivity index (χ3n) is 3.85. The van der Waals surface area contributed by atoms with E-state index in [0.29, 0.717) is 5.69 Å². The lowest BCUT2D eigenvalue weighted by Crippen LogP contribution is -2.47. The van der Waals surface area contributed by atoms with Gasteiger partial charge in [0, 0.05) is 18.8 Å². The molecule has 3 rings (SSSR count). The third-order valence-corrected chi connectivity index (χ3v) is 3.85. The fourth-order valence-electron chi connectivity index (χ4n) is 2.59. The van der Waals surface area contributed by atoms with E-state index in [4.69, 9.17) is 5.73 Å². The van der Waals surface area contributed by atoms with Crippen LogP contribution < -0.4 is 11.1 Å². The summed E-state index contributed by atoms with van der Waals surface area (Å²) in [7, 11) is 0. The molecule has 1 atom stereocenters. The minimum absolute atomic E-state index is 0.159. The number of rotatable bonds is 7. The summed E-state index contributed by atoms with van der Waals surface area (Å²) in [5.74, 6) is -2.47. The van der Waals surface area contributed by atoms with E-state index in [1.807, 2.05) is 18.2 Å². The number of ketones is 1. The van der Waals surface area contributed by atoms with Gasteiger partial charge in [-0.15, -0.1) is 0 Å². The van der Waals surface area contributed by atoms with Crippen LogP contribution in [0.1, 0.15) is 16.1 Å². The molecule has 0 bridgehead atoms. The molecule has 8 nitrogen and oxygen atoms in total. The minimum Gasteiger partial charge on any atom is -0.366 e. The maximum atomic E-state index is 12.7. The van der Waals surface area contributed by atoms with Crippen LogP contribution in [0.4, 0.5) is 0 Å². The Kier molecular flexibility index (Phi) is 4.93. The Morgan fingerprint density at radius 1 is 1.15 bits per heavy atom. The molecular formula is C18H17N5O3. The highest BCUT2D eigenvalue weighted by molar-refractivity contribution is 6.38. The molecule has 1 aromatic carbocycles. The number of carbonyl (C=O) groups excluding carboxylic acids is 3. The fraction of sp³-hybridized carbons (Fsp3) is 0.111. The van der Waals surface area contributed by atoms with Crippen LogP contribution in [0, 0.1) is 0 Å². The van der Waals surface area contributed by atoms with Crippen LogP contribution in [0.15, 0.2) is 61.1 Å². The molecule has 0 radical (unpaired) electrons. The molecule has 0 aliphatic carbocycles. The number of primary amides is 1. The van der Waals surface area contributed by atoms with Gasteiger partial charge < -0.3 is 16.0 Å². The number of aromatic nitrogens is 3. The summed E-state index contributed by atoms with van der Waals surface area (Å²) < 4.78 is 1.43. The molecule has 0 saturated heterocycles. The molecule has 26 heavy (non-hydrogen) atoms. The van der Waals surface area contributed by atoms with Crippen LogP contribution in [0.25, 0.3) is 5.69 Å². The first-order valence-electron chi connectivity index (χ1n) is 7.92. The first-order valence-corrected chi connectivity index (χ1v) is 7.92. The van der Waals surface area contributed by atoms with Crippen molar-refractivity contribution < 1.29 is 14.4 Å². The Morgan fingerprint density at radius 2 is 1.92 bits per heavy atom. The van der Waals surface area contributed by atoms with E-state index in [1.165, 1.54) is 16.9 Å². The number of Topliss-reactive ketones (excluding diaryl/α,β-unsaturated/α-hetero) is 1. The minimum atomic E-state index is -1.09. The molecule has 0 saturated carbocycles. The highest BCUT2D eigenvalue weighted by Crippen LogP contribution is 2.11. The van der Waals surface area contributed by atoms with E-state index in [9.17, 15) is 14.4 Å². The first-order chi connectivity index (χ1) is 12.6. The van der Waals surface area contributed by atoms with E-state index in [0.717, 1.165) is 5.56 Å². The topological polar surface area (TPSA) is 123 Å². The van der Waals surface area contributed by atoms with Crippen molar-refractivity contribution in [1.82, 2.24) is 20.1 Å². The Bertz CT molecular complexity index is 915. The summed E-state index contributed by atoms with van der Waals surface area (Å²) in [6, 6.07) is 11.3. The molecule has 3 aromatic rings. The standard InChI is InChI=1S/C18H17N5O3/c19-17(25)16(24)14(10-12-4-2-1-3-5-12)22-18(26)15-7-9-21-23(15)13-6-8-20-11-13/h1-9,11,14,20H,10H2,(H2,19,25)(H,22,26). The number of nitrogens with zero attached hydrogens (tertiary/aromatic N) is 2. The summed E-state index contributed by atoms with van der Waals surface area (Å²) in [5.41, 5.74) is 6.83. The Hall–Kier alpha value is -3.68. The summed E-state index contributed by atoms with van der Waals surface area (Å²) in [6.07, 6.45) is 5.02. The second kappa shape index (κ2) is 7.47. The lowest BCUT2D eigenvalue weighted by Gasteiger charge is -2.16. The highest BCUT2D eigenvalue weighted by atomic mass is 16.2. The average molecular weight is 351 g/mol. The van der Waals surface area contributed by atoms with Crippen LogP contribution in [-0.4, -0.2) is 38.4 Å². The summed E-state index contributed by atoms with van der Waals surface area (Å²) in [5, 5.41) is 6.70. The molecule has 0 aliphatic rings. The van der Waals surface area contributed by atoms with Gasteiger partial charge in [-0.25, -0.2) is 4.68 Å². The lowest BCUT2D eigenvalue weighted by molar-refractivity contribution is -0.137. The van der Waals surface area contributed by atoms with Gasteiger partial charge in [-0.3, -0.25) is 14.4 Å². The van der Waals surface area contributed by atoms with Gasteiger partial charge in [0.2, 0.25) is 5.78 Å². The molecule has 132 valence electrons. The maximum absolute atomic E-state index is 12.7. The molecule has 0 spiro atoms. The second-order valence-corrected chi connectivity index (χ2v) is 5.64. The van der Waals surface area contributed by atoms with Gasteiger partial charge in [-0.2, -0.15) is 5.10 Å². The first kappa shape index (κ1) is 17.2. The van der Waals surface area contributed by atoms with Crippen LogP contribution in [0.3, 0.4) is 0 Å². The van der Waals surface area contributed by atoms with Crippen LogP contribution in [0.2, 0.25) is 0 Å². The van der Waals surface area contributed by atoms with Crippen molar-refractivity contribution in [3.05, 3.63) is 72.3 Å². The number of H-pyrrole nitrogens is 1. The molecule has 0 fully saturated rings. The molecule has 8 heteroatoms. The molecule has 2 amide bonds. The monoisotopic (exact) mass is 351 g/mol. The van der Waals surface area contributed by atoms with Crippen molar-refractivity contribution in [2.75, 3.05) is 0 Å². The predicted molar refractivity (Wildman–Crippen MR) is 93.5 cm³/mol. The molecule has 2 aromatic heterocycles. The van der Waals surface area contributed by atoms with Crippen molar-refractivity contribution in [3.8, 4) is 5.69 Å². The summed E-state index contributed by atoms with van der Waals surface area (Å²) in [6.45, 7) is 0. The van der Waals surface area contributed by atoms with E-state index in [2.05, 4.69) is 15.4 Å².